The molecule has 0 saturated heterocycles. The van der Waals surface area contributed by atoms with Crippen molar-refractivity contribution in [3.05, 3.63) is 111 Å². The van der Waals surface area contributed by atoms with Crippen LogP contribution in [-0.2, 0) is 23.7 Å². The van der Waals surface area contributed by atoms with Gasteiger partial charge in [0.2, 0.25) is 0 Å². The van der Waals surface area contributed by atoms with Gasteiger partial charge in [0.15, 0.2) is 0 Å². The number of carbonyl (C=O) groups excluding carboxylic acids is 2. The van der Waals surface area contributed by atoms with Crippen molar-refractivity contribution in [2.24, 2.45) is 0 Å². The van der Waals surface area contributed by atoms with Gasteiger partial charge in [0.05, 0.1) is 0 Å². The Balaban J connectivity index is 0.000000318. The van der Waals surface area contributed by atoms with E-state index in [-0.39, 0.29) is 7.43 Å². The molecule has 148 valence electrons. The number of halogens is 1. The average molecular weight is 442 g/mol. The van der Waals surface area contributed by atoms with Gasteiger partial charge in [0.1, 0.15) is 0 Å². The average Bonchev–Trinajstić information content (AvgIpc) is 3.35. The fourth-order valence-electron chi connectivity index (χ4n) is 2.49. The number of rotatable bonds is 2. The van der Waals surface area contributed by atoms with Gasteiger partial charge in [-0.3, -0.25) is 0 Å². The van der Waals surface area contributed by atoms with Gasteiger partial charge in [-0.1, -0.05) is 72.8 Å². The van der Waals surface area contributed by atoms with E-state index in [1.807, 2.05) is 103 Å². The molecule has 0 aliphatic rings. The molecule has 0 heterocycles. The van der Waals surface area contributed by atoms with Crippen molar-refractivity contribution in [2.75, 3.05) is 0 Å². The van der Waals surface area contributed by atoms with Gasteiger partial charge in [0.25, 0.3) is 0 Å². The molecule has 0 saturated carbocycles. The third kappa shape index (κ3) is 7.93. The van der Waals surface area contributed by atoms with Crippen LogP contribution in [0.2, 0.25) is 0 Å². The summed E-state index contributed by atoms with van der Waals surface area (Å²) in [5.74, 6) is 0. The predicted molar refractivity (Wildman–Crippen MR) is 116 cm³/mol. The first kappa shape index (κ1) is 24.1. The molecule has 0 N–H and O–H groups in total. The molecule has 2 nitrogen and oxygen atoms in total. The van der Waals surface area contributed by atoms with Crippen molar-refractivity contribution < 1.29 is 27.8 Å². The molecule has 0 bridgehead atoms. The van der Waals surface area contributed by atoms with E-state index < -0.39 is 23.2 Å². The predicted octanol–water partition coefficient (Wildman–Crippen LogP) is 3.97. The van der Waals surface area contributed by atoms with Crippen LogP contribution in [0.15, 0.2) is 103 Å². The second-order valence-electron chi connectivity index (χ2n) is 5.42. The van der Waals surface area contributed by atoms with Gasteiger partial charge in [-0.15, -0.1) is 0 Å². The molecule has 0 fully saturated rings. The Morgan fingerprint density at radius 3 is 1.90 bits per heavy atom. The second-order valence-corrected chi connectivity index (χ2v) is 7.94. The molecule has 5 heteroatoms. The molecule has 0 unspecified atom stereocenters. The van der Waals surface area contributed by atoms with Crippen LogP contribution in [0, 0.1) is 7.43 Å². The van der Waals surface area contributed by atoms with Crippen molar-refractivity contribution in [3.63, 3.8) is 0 Å². The van der Waals surface area contributed by atoms with Crippen LogP contribution in [0.4, 0.5) is 4.11 Å². The molecule has 4 rings (SSSR count). The third-order valence-electron chi connectivity index (χ3n) is 3.69. The Morgan fingerprint density at radius 1 is 0.759 bits per heavy atom. The summed E-state index contributed by atoms with van der Waals surface area (Å²) in [6.45, 7) is 0. The zero-order chi connectivity index (χ0) is 20.0. The maximum atomic E-state index is 14.7. The summed E-state index contributed by atoms with van der Waals surface area (Å²) in [5.41, 5.74) is 0. The Kier molecular flexibility index (Phi) is 11.8. The van der Waals surface area contributed by atoms with E-state index in [1.165, 1.54) is 9.57 Å². The Labute approximate surface area is 178 Å². The standard InChI is InChI=1S/C16H12FSi.C5H5.2CO.CH3.Mn/c17-18(14-9-2-1-3-10-14)16-12-6-8-13-7-4-5-11-15(13)16;1-2-4-5-3-1;2*1-2;;/h1-12H;1-5H;;;1H3;/q;-1;;;-1;. The Hall–Kier alpha value is -2.90. The quantitative estimate of drug-likeness (QED) is 0.268. The number of hydrogen-bond donors (Lipinski definition) is 0. The van der Waals surface area contributed by atoms with Crippen LogP contribution in [0.5, 0.6) is 0 Å². The Morgan fingerprint density at radius 2 is 1.34 bits per heavy atom. The van der Waals surface area contributed by atoms with Crippen LogP contribution in [-0.4, -0.2) is 18.7 Å². The van der Waals surface area contributed by atoms with Crippen molar-refractivity contribution in [1.82, 2.24) is 0 Å². The molecule has 29 heavy (non-hydrogen) atoms. The monoisotopic (exact) mass is 442 g/mol. The van der Waals surface area contributed by atoms with Crippen molar-refractivity contribution >= 4 is 39.8 Å². The van der Waals surface area contributed by atoms with Crippen molar-refractivity contribution in [3.8, 4) is 0 Å². The van der Waals surface area contributed by atoms with Crippen molar-refractivity contribution in [2.45, 2.75) is 0 Å². The SMILES string of the molecule is F[Si](c1ccccc1)c1cccc2ccccc12.O=[C]=[Mn]=[C]=O.[CH3-].c1cc[cH-]c1. The molecule has 0 aliphatic carbocycles. The third-order valence-corrected chi connectivity index (χ3v) is 5.68. The summed E-state index contributed by atoms with van der Waals surface area (Å²) in [4.78, 5) is 20.8. The summed E-state index contributed by atoms with van der Waals surface area (Å²) in [6, 6.07) is 33.3. The summed E-state index contributed by atoms with van der Waals surface area (Å²) in [5, 5.41) is 3.77. The second kappa shape index (κ2) is 14.1. The fourth-order valence-corrected chi connectivity index (χ4v) is 4.05. The molecular weight excluding hydrogens is 422 g/mol. The number of benzene rings is 3. The molecular formula is C24H20FMnO2Si-2. The largest absolute Gasteiger partial charge is 0.358 e. The zero-order valence-corrected chi connectivity index (χ0v) is 18.1. The minimum absolute atomic E-state index is 0. The van der Waals surface area contributed by atoms with Gasteiger partial charge in [-0.25, -0.2) is 12.1 Å². The van der Waals surface area contributed by atoms with Crippen molar-refractivity contribution in [1.29, 1.82) is 0 Å². The van der Waals surface area contributed by atoms with Gasteiger partial charge >= 0.3 is 42.4 Å². The summed E-state index contributed by atoms with van der Waals surface area (Å²) in [7, 11) is -2.17. The Bertz CT molecular complexity index is 1050. The van der Waals surface area contributed by atoms with Gasteiger partial charge < -0.3 is 11.5 Å². The fraction of sp³-hybridized carbons (Fsp3) is 0. The van der Waals surface area contributed by atoms with Crippen LogP contribution in [0.3, 0.4) is 0 Å². The summed E-state index contributed by atoms with van der Waals surface area (Å²) < 4.78 is 14.7. The van der Waals surface area contributed by atoms with E-state index in [4.69, 9.17) is 9.59 Å². The summed E-state index contributed by atoms with van der Waals surface area (Å²) >= 11 is -0.438. The molecule has 4 aromatic rings. The van der Waals surface area contributed by atoms with Crippen LogP contribution < -0.4 is 10.4 Å². The topological polar surface area (TPSA) is 34.1 Å². The van der Waals surface area contributed by atoms with Gasteiger partial charge in [-0.05, 0) is 21.1 Å². The van der Waals surface area contributed by atoms with E-state index in [0.29, 0.717) is 0 Å². The van der Waals surface area contributed by atoms with Crippen LogP contribution in [0.25, 0.3) is 10.8 Å². The molecule has 1 radical (unpaired) electrons. The van der Waals surface area contributed by atoms with E-state index in [1.54, 1.807) is 0 Å². The van der Waals surface area contributed by atoms with E-state index >= 15 is 0 Å². The molecule has 0 spiro atoms. The van der Waals surface area contributed by atoms with Gasteiger partial charge in [0, 0.05) is 0 Å². The number of hydrogen-bond acceptors (Lipinski definition) is 2. The number of fused-ring (bicyclic) bond motifs is 1. The summed E-state index contributed by atoms with van der Waals surface area (Å²) in [6.07, 6.45) is 0. The maximum Gasteiger partial charge on any atom is -0.172 e. The molecule has 0 atom stereocenters. The smallest absolute Gasteiger partial charge is 0.172 e. The minimum Gasteiger partial charge on any atom is -0.358 e. The maximum absolute atomic E-state index is 14.7. The molecule has 0 aromatic heterocycles. The first-order valence-corrected chi connectivity index (χ1v) is 10.9. The van der Waals surface area contributed by atoms with Gasteiger partial charge in [-0.2, -0.15) is 18.2 Å². The minimum atomic E-state index is -2.17. The van der Waals surface area contributed by atoms with Crippen LogP contribution >= 0.6 is 0 Å². The normalized spacial score (nSPS) is 8.90. The van der Waals surface area contributed by atoms with Crippen LogP contribution in [0.1, 0.15) is 0 Å². The van der Waals surface area contributed by atoms with E-state index in [0.717, 1.165) is 21.1 Å². The van der Waals surface area contributed by atoms with E-state index in [2.05, 4.69) is 0 Å². The molecule has 4 aromatic carbocycles. The van der Waals surface area contributed by atoms with E-state index in [9.17, 15) is 4.11 Å². The molecule has 0 aliphatic heterocycles. The first-order chi connectivity index (χ1) is 13.8. The first-order valence-electron chi connectivity index (χ1n) is 8.37. The zero-order valence-electron chi connectivity index (χ0n) is 15.9. The molecule has 0 amide bonds.